The van der Waals surface area contributed by atoms with Gasteiger partial charge in [0.15, 0.2) is 0 Å². The van der Waals surface area contributed by atoms with Gasteiger partial charge in [-0.2, -0.15) is 5.10 Å². The van der Waals surface area contributed by atoms with Gasteiger partial charge >= 0.3 is 0 Å². The second-order valence-corrected chi connectivity index (χ2v) is 9.67. The number of carbonyl (C=O) groups is 2. The highest BCUT2D eigenvalue weighted by molar-refractivity contribution is 7.89. The molecule has 1 aliphatic rings. The number of aromatic nitrogens is 2. The van der Waals surface area contributed by atoms with Gasteiger partial charge in [-0.3, -0.25) is 14.5 Å². The standard InChI is InChI=1S/C23H26N6O4S/c1-15-21(16(2)29(27-15)18-6-4-3-5-7-18)22-23(31)25-12-13-28(22)14-20(30)26-17-8-10-19(11-9-17)34(24,32)33/h3-11,22H,12-14H2,1-2H3,(H,25,31)(H,26,30)(H2,24,32,33). The minimum absolute atomic E-state index is 0.0234. The summed E-state index contributed by atoms with van der Waals surface area (Å²) in [6.45, 7) is 4.66. The van der Waals surface area contributed by atoms with Crippen molar-refractivity contribution in [2.24, 2.45) is 5.14 Å². The van der Waals surface area contributed by atoms with E-state index in [0.717, 1.165) is 16.9 Å². The number of nitrogens with one attached hydrogen (secondary N) is 2. The van der Waals surface area contributed by atoms with Crippen LogP contribution in [0.3, 0.4) is 0 Å². The normalized spacial score (nSPS) is 16.8. The van der Waals surface area contributed by atoms with Gasteiger partial charge in [0.25, 0.3) is 0 Å². The number of sulfonamides is 1. The summed E-state index contributed by atoms with van der Waals surface area (Å²) >= 11 is 0. The second kappa shape index (κ2) is 9.37. The van der Waals surface area contributed by atoms with Crippen molar-refractivity contribution >= 4 is 27.5 Å². The molecule has 0 bridgehead atoms. The molecule has 1 aliphatic heterocycles. The van der Waals surface area contributed by atoms with Crippen molar-refractivity contribution in [3.05, 3.63) is 71.5 Å². The number of para-hydroxylation sites is 1. The quantitative estimate of drug-likeness (QED) is 0.483. The van der Waals surface area contributed by atoms with Crippen LogP contribution >= 0.6 is 0 Å². The average molecular weight is 483 g/mol. The molecule has 0 spiro atoms. The number of nitrogens with two attached hydrogens (primary N) is 1. The van der Waals surface area contributed by atoms with Crippen molar-refractivity contribution in [3.8, 4) is 5.69 Å². The highest BCUT2D eigenvalue weighted by Crippen LogP contribution is 2.30. The van der Waals surface area contributed by atoms with Gasteiger partial charge in [0.05, 0.1) is 22.8 Å². The summed E-state index contributed by atoms with van der Waals surface area (Å²) in [7, 11) is -3.81. The van der Waals surface area contributed by atoms with Crippen LogP contribution in [0.15, 0.2) is 59.5 Å². The first-order valence-corrected chi connectivity index (χ1v) is 12.3. The largest absolute Gasteiger partial charge is 0.353 e. The third-order valence-electron chi connectivity index (χ3n) is 5.75. The van der Waals surface area contributed by atoms with Crippen LogP contribution < -0.4 is 15.8 Å². The predicted octanol–water partition coefficient (Wildman–Crippen LogP) is 1.25. The number of hydrogen-bond donors (Lipinski definition) is 3. The van der Waals surface area contributed by atoms with Gasteiger partial charge in [0.1, 0.15) is 6.04 Å². The SMILES string of the molecule is Cc1nn(-c2ccccc2)c(C)c1C1C(=O)NCCN1CC(=O)Nc1ccc(S(N)(=O)=O)cc1. The molecule has 2 heterocycles. The summed E-state index contributed by atoms with van der Waals surface area (Å²) in [5.41, 5.74) is 3.63. The smallest absolute Gasteiger partial charge is 0.242 e. The summed E-state index contributed by atoms with van der Waals surface area (Å²) in [5.74, 6) is -0.510. The summed E-state index contributed by atoms with van der Waals surface area (Å²) < 4.78 is 24.6. The number of primary sulfonamides is 1. The van der Waals surface area contributed by atoms with Crippen molar-refractivity contribution in [3.63, 3.8) is 0 Å². The molecule has 0 saturated carbocycles. The van der Waals surface area contributed by atoms with E-state index in [-0.39, 0.29) is 23.3 Å². The average Bonchev–Trinajstić information content (AvgIpc) is 3.08. The number of anilines is 1. The van der Waals surface area contributed by atoms with Gasteiger partial charge in [0.2, 0.25) is 21.8 Å². The van der Waals surface area contributed by atoms with Gasteiger partial charge in [-0.1, -0.05) is 18.2 Å². The number of nitrogens with zero attached hydrogens (tertiary/aromatic N) is 3. The van der Waals surface area contributed by atoms with Gasteiger partial charge < -0.3 is 10.6 Å². The van der Waals surface area contributed by atoms with Crippen LogP contribution in [-0.4, -0.2) is 54.5 Å². The van der Waals surface area contributed by atoms with Crippen LogP contribution in [0.2, 0.25) is 0 Å². The minimum Gasteiger partial charge on any atom is -0.353 e. The third kappa shape index (κ3) is 4.86. The molecule has 11 heteroatoms. The van der Waals surface area contributed by atoms with Gasteiger partial charge in [-0.15, -0.1) is 0 Å². The van der Waals surface area contributed by atoms with E-state index in [2.05, 4.69) is 15.7 Å². The molecule has 1 aromatic heterocycles. The lowest BCUT2D eigenvalue weighted by molar-refractivity contribution is -0.130. The monoisotopic (exact) mass is 482 g/mol. The lowest BCUT2D eigenvalue weighted by Gasteiger charge is -2.34. The number of piperazine rings is 1. The molecule has 1 fully saturated rings. The Kier molecular flexibility index (Phi) is 6.51. The summed E-state index contributed by atoms with van der Waals surface area (Å²) in [4.78, 5) is 27.5. The van der Waals surface area contributed by atoms with E-state index in [1.54, 1.807) is 4.68 Å². The Hall–Kier alpha value is -3.54. The van der Waals surface area contributed by atoms with Gasteiger partial charge in [-0.05, 0) is 50.2 Å². The first-order valence-electron chi connectivity index (χ1n) is 10.7. The molecule has 178 valence electrons. The van der Waals surface area contributed by atoms with Crippen LogP contribution in [0.5, 0.6) is 0 Å². The lowest BCUT2D eigenvalue weighted by atomic mass is 10.00. The van der Waals surface area contributed by atoms with E-state index in [1.807, 2.05) is 49.1 Å². The lowest BCUT2D eigenvalue weighted by Crippen LogP contribution is -2.52. The minimum atomic E-state index is -3.81. The van der Waals surface area contributed by atoms with Crippen molar-refractivity contribution in [1.29, 1.82) is 0 Å². The Morgan fingerprint density at radius 2 is 1.82 bits per heavy atom. The van der Waals surface area contributed by atoms with Gasteiger partial charge in [0, 0.05) is 30.0 Å². The van der Waals surface area contributed by atoms with Gasteiger partial charge in [-0.25, -0.2) is 18.2 Å². The van der Waals surface area contributed by atoms with E-state index >= 15 is 0 Å². The van der Waals surface area contributed by atoms with Crippen LogP contribution in [-0.2, 0) is 19.6 Å². The molecule has 10 nitrogen and oxygen atoms in total. The summed E-state index contributed by atoms with van der Waals surface area (Å²) in [6.07, 6.45) is 0. The Labute approximate surface area is 197 Å². The maximum absolute atomic E-state index is 12.9. The Morgan fingerprint density at radius 3 is 2.47 bits per heavy atom. The molecular formula is C23H26N6O4S. The number of carbonyl (C=O) groups excluding carboxylic acids is 2. The van der Waals surface area contributed by atoms with Crippen molar-refractivity contribution in [1.82, 2.24) is 20.0 Å². The third-order valence-corrected chi connectivity index (χ3v) is 6.68. The zero-order valence-electron chi connectivity index (χ0n) is 18.9. The first-order chi connectivity index (χ1) is 16.1. The highest BCUT2D eigenvalue weighted by atomic mass is 32.2. The second-order valence-electron chi connectivity index (χ2n) is 8.11. The molecule has 2 aromatic carbocycles. The van der Waals surface area contributed by atoms with E-state index < -0.39 is 16.1 Å². The maximum Gasteiger partial charge on any atom is 0.242 e. The zero-order valence-corrected chi connectivity index (χ0v) is 19.7. The topological polar surface area (TPSA) is 139 Å². The van der Waals surface area contributed by atoms with Crippen LogP contribution in [0, 0.1) is 13.8 Å². The Balaban J connectivity index is 1.56. The number of aryl methyl sites for hydroxylation is 1. The van der Waals surface area contributed by atoms with E-state index in [1.165, 1.54) is 24.3 Å². The van der Waals surface area contributed by atoms with Crippen LogP contribution in [0.25, 0.3) is 5.69 Å². The molecule has 3 aromatic rings. The predicted molar refractivity (Wildman–Crippen MR) is 127 cm³/mol. The molecule has 4 rings (SSSR count). The Morgan fingerprint density at radius 1 is 1.15 bits per heavy atom. The fourth-order valence-corrected chi connectivity index (χ4v) is 4.70. The number of rotatable bonds is 6. The summed E-state index contributed by atoms with van der Waals surface area (Å²) in [5, 5.41) is 15.4. The number of hydrogen-bond acceptors (Lipinski definition) is 6. The molecule has 2 amide bonds. The molecule has 1 unspecified atom stereocenters. The number of benzene rings is 2. The van der Waals surface area contributed by atoms with E-state index in [4.69, 9.17) is 5.14 Å². The van der Waals surface area contributed by atoms with E-state index in [0.29, 0.717) is 24.5 Å². The first kappa shape index (κ1) is 23.6. The fourth-order valence-electron chi connectivity index (χ4n) is 4.18. The molecule has 0 radical (unpaired) electrons. The molecule has 1 saturated heterocycles. The highest BCUT2D eigenvalue weighted by Gasteiger charge is 2.36. The van der Waals surface area contributed by atoms with Crippen LogP contribution in [0.4, 0.5) is 5.69 Å². The molecule has 34 heavy (non-hydrogen) atoms. The number of amides is 2. The molecule has 4 N–H and O–H groups in total. The maximum atomic E-state index is 12.9. The fraction of sp³-hybridized carbons (Fsp3) is 0.261. The van der Waals surface area contributed by atoms with Crippen molar-refractivity contribution in [2.75, 3.05) is 25.0 Å². The molecular weight excluding hydrogens is 456 g/mol. The Bertz CT molecular complexity index is 1320. The molecule has 0 aliphatic carbocycles. The summed E-state index contributed by atoms with van der Waals surface area (Å²) in [6, 6.07) is 14.6. The molecule has 1 atom stereocenters. The zero-order chi connectivity index (χ0) is 24.5. The van der Waals surface area contributed by atoms with Crippen molar-refractivity contribution < 1.29 is 18.0 Å². The van der Waals surface area contributed by atoms with Crippen LogP contribution in [0.1, 0.15) is 23.0 Å². The van der Waals surface area contributed by atoms with Crippen molar-refractivity contribution in [2.45, 2.75) is 24.8 Å². The van der Waals surface area contributed by atoms with E-state index in [9.17, 15) is 18.0 Å².